The second-order valence-corrected chi connectivity index (χ2v) is 8.84. The molecule has 6 heteroatoms. The third kappa shape index (κ3) is 5.76. The van der Waals surface area contributed by atoms with E-state index in [2.05, 4.69) is 11.0 Å². The first kappa shape index (κ1) is 24.6. The summed E-state index contributed by atoms with van der Waals surface area (Å²) in [5, 5.41) is 19.5. The van der Waals surface area contributed by atoms with Crippen LogP contribution in [0.25, 0.3) is 11.1 Å². The highest BCUT2D eigenvalue weighted by Crippen LogP contribution is 2.36. The van der Waals surface area contributed by atoms with E-state index in [-0.39, 0.29) is 13.2 Å². The highest BCUT2D eigenvalue weighted by atomic mass is 16.5. The standard InChI is InChI=1S/C29H32N2O4/c1-33-28-14-24(15-29(34-2)27(28)18-31-13-7-8-21(17-31)19-32)35-20-23-11-6-12-25(26(23)16-30)22-9-4-3-5-10-22/h3-6,9-12,14-15,21,32H,7-8,13,17-20H2,1-2H3. The second kappa shape index (κ2) is 11.7. The molecule has 0 saturated carbocycles. The Morgan fingerprint density at radius 2 is 1.77 bits per heavy atom. The summed E-state index contributed by atoms with van der Waals surface area (Å²) in [6, 6.07) is 21.8. The number of methoxy groups -OCH3 is 2. The fraction of sp³-hybridized carbons (Fsp3) is 0.345. The summed E-state index contributed by atoms with van der Waals surface area (Å²) in [4.78, 5) is 2.33. The minimum Gasteiger partial charge on any atom is -0.496 e. The van der Waals surface area contributed by atoms with Gasteiger partial charge in [-0.1, -0.05) is 48.5 Å². The van der Waals surface area contributed by atoms with Gasteiger partial charge in [-0.15, -0.1) is 0 Å². The van der Waals surface area contributed by atoms with Crippen molar-refractivity contribution in [1.82, 2.24) is 4.90 Å². The van der Waals surface area contributed by atoms with Gasteiger partial charge in [-0.2, -0.15) is 5.26 Å². The van der Waals surface area contributed by atoms with E-state index in [1.54, 1.807) is 14.2 Å². The van der Waals surface area contributed by atoms with Gasteiger partial charge in [0.05, 0.1) is 25.3 Å². The van der Waals surface area contributed by atoms with E-state index in [9.17, 15) is 10.4 Å². The number of ether oxygens (including phenoxy) is 3. The average molecular weight is 473 g/mol. The zero-order chi connectivity index (χ0) is 24.6. The van der Waals surface area contributed by atoms with E-state index < -0.39 is 0 Å². The number of likely N-dealkylation sites (tertiary alicyclic amines) is 1. The molecule has 1 saturated heterocycles. The predicted molar refractivity (Wildman–Crippen MR) is 136 cm³/mol. The number of aliphatic hydroxyl groups excluding tert-OH is 1. The Morgan fingerprint density at radius 3 is 2.43 bits per heavy atom. The van der Waals surface area contributed by atoms with Crippen molar-refractivity contribution in [3.63, 3.8) is 0 Å². The zero-order valence-electron chi connectivity index (χ0n) is 20.4. The molecule has 1 fully saturated rings. The fourth-order valence-corrected chi connectivity index (χ4v) is 4.74. The number of piperidine rings is 1. The number of rotatable bonds is 9. The Hall–Kier alpha value is -3.53. The lowest BCUT2D eigenvalue weighted by Gasteiger charge is -2.32. The van der Waals surface area contributed by atoms with Crippen molar-refractivity contribution < 1.29 is 19.3 Å². The van der Waals surface area contributed by atoms with Gasteiger partial charge in [0.15, 0.2) is 0 Å². The van der Waals surface area contributed by atoms with Crippen molar-refractivity contribution in [2.75, 3.05) is 33.9 Å². The van der Waals surface area contributed by atoms with Crippen LogP contribution >= 0.6 is 0 Å². The van der Waals surface area contributed by atoms with E-state index in [4.69, 9.17) is 14.2 Å². The molecule has 3 aromatic rings. The van der Waals surface area contributed by atoms with Crippen molar-refractivity contribution in [1.29, 1.82) is 5.26 Å². The largest absolute Gasteiger partial charge is 0.496 e. The van der Waals surface area contributed by atoms with Crippen LogP contribution in [0.15, 0.2) is 60.7 Å². The molecule has 1 N–H and O–H groups in total. The third-order valence-electron chi connectivity index (χ3n) is 6.57. The van der Waals surface area contributed by atoms with Gasteiger partial charge in [0.25, 0.3) is 0 Å². The van der Waals surface area contributed by atoms with E-state index in [1.807, 2.05) is 60.7 Å². The predicted octanol–water partition coefficient (Wildman–Crippen LogP) is 5.03. The number of hydrogen-bond donors (Lipinski definition) is 1. The molecule has 0 amide bonds. The highest BCUT2D eigenvalue weighted by Gasteiger charge is 2.23. The molecule has 0 aliphatic carbocycles. The Labute approximate surface area is 207 Å². The van der Waals surface area contributed by atoms with Crippen LogP contribution in [-0.4, -0.2) is 43.9 Å². The first-order valence-corrected chi connectivity index (χ1v) is 11.9. The summed E-state index contributed by atoms with van der Waals surface area (Å²) >= 11 is 0. The van der Waals surface area contributed by atoms with Gasteiger partial charge in [0.2, 0.25) is 0 Å². The van der Waals surface area contributed by atoms with Gasteiger partial charge in [0, 0.05) is 37.4 Å². The van der Waals surface area contributed by atoms with Crippen LogP contribution in [0.4, 0.5) is 0 Å². The van der Waals surface area contributed by atoms with Gasteiger partial charge in [0.1, 0.15) is 29.9 Å². The molecule has 3 aromatic carbocycles. The molecule has 1 atom stereocenters. The summed E-state index contributed by atoms with van der Waals surface area (Å²) in [6.07, 6.45) is 2.13. The number of hydrogen-bond acceptors (Lipinski definition) is 6. The molecule has 6 nitrogen and oxygen atoms in total. The minimum absolute atomic E-state index is 0.216. The maximum Gasteiger partial charge on any atom is 0.130 e. The Kier molecular flexibility index (Phi) is 8.25. The van der Waals surface area contributed by atoms with Gasteiger partial charge >= 0.3 is 0 Å². The first-order chi connectivity index (χ1) is 17.2. The lowest BCUT2D eigenvalue weighted by molar-refractivity contribution is 0.114. The van der Waals surface area contributed by atoms with Crippen molar-refractivity contribution in [2.45, 2.75) is 26.0 Å². The number of aliphatic hydroxyl groups is 1. The summed E-state index contributed by atoms with van der Waals surface area (Å²) < 4.78 is 17.5. The van der Waals surface area contributed by atoms with Crippen LogP contribution in [0.1, 0.15) is 29.5 Å². The molecule has 1 heterocycles. The lowest BCUT2D eigenvalue weighted by atomic mass is 9.96. The smallest absolute Gasteiger partial charge is 0.130 e. The van der Waals surface area contributed by atoms with E-state index in [0.717, 1.165) is 48.2 Å². The Morgan fingerprint density at radius 1 is 1.03 bits per heavy atom. The second-order valence-electron chi connectivity index (χ2n) is 8.84. The SMILES string of the molecule is COc1cc(OCc2cccc(-c3ccccc3)c2C#N)cc(OC)c1CN1CCCC(CO)C1. The lowest BCUT2D eigenvalue weighted by Crippen LogP contribution is -2.36. The van der Waals surface area contributed by atoms with Crippen LogP contribution in [0.3, 0.4) is 0 Å². The van der Waals surface area contributed by atoms with Crippen molar-refractivity contribution in [3.05, 3.63) is 77.4 Å². The van der Waals surface area contributed by atoms with E-state index in [1.165, 1.54) is 0 Å². The third-order valence-corrected chi connectivity index (χ3v) is 6.57. The molecule has 1 aliphatic rings. The minimum atomic E-state index is 0.216. The zero-order valence-corrected chi connectivity index (χ0v) is 20.4. The molecule has 35 heavy (non-hydrogen) atoms. The van der Waals surface area contributed by atoms with Crippen molar-refractivity contribution in [3.8, 4) is 34.4 Å². The highest BCUT2D eigenvalue weighted by molar-refractivity contribution is 5.72. The molecule has 0 radical (unpaired) electrons. The van der Waals surface area contributed by atoms with Crippen LogP contribution in [-0.2, 0) is 13.2 Å². The molecule has 182 valence electrons. The maximum absolute atomic E-state index is 9.88. The first-order valence-electron chi connectivity index (χ1n) is 11.9. The maximum atomic E-state index is 9.88. The molecule has 0 spiro atoms. The molecular weight excluding hydrogens is 440 g/mol. The number of nitrogens with zero attached hydrogens (tertiary/aromatic N) is 2. The van der Waals surface area contributed by atoms with Crippen molar-refractivity contribution in [2.24, 2.45) is 5.92 Å². The van der Waals surface area contributed by atoms with E-state index >= 15 is 0 Å². The van der Waals surface area contributed by atoms with Crippen molar-refractivity contribution >= 4 is 0 Å². The quantitative estimate of drug-likeness (QED) is 0.471. The topological polar surface area (TPSA) is 75.0 Å². The van der Waals surface area contributed by atoms with Gasteiger partial charge in [-0.05, 0) is 36.4 Å². The van der Waals surface area contributed by atoms with Gasteiger partial charge in [-0.25, -0.2) is 0 Å². The van der Waals surface area contributed by atoms with Gasteiger partial charge < -0.3 is 19.3 Å². The summed E-state index contributed by atoms with van der Waals surface area (Å²) in [6.45, 7) is 2.99. The van der Waals surface area contributed by atoms with Gasteiger partial charge in [-0.3, -0.25) is 4.90 Å². The molecule has 4 rings (SSSR count). The molecule has 1 unspecified atom stereocenters. The molecule has 0 aromatic heterocycles. The molecule has 0 bridgehead atoms. The Bertz CT molecular complexity index is 1150. The normalized spacial score (nSPS) is 15.9. The molecular formula is C29H32N2O4. The summed E-state index contributed by atoms with van der Waals surface area (Å²) in [5.41, 5.74) is 4.28. The monoisotopic (exact) mass is 472 g/mol. The van der Waals surface area contributed by atoms with Crippen LogP contribution in [0.2, 0.25) is 0 Å². The summed E-state index contributed by atoms with van der Waals surface area (Å²) in [7, 11) is 3.29. The van der Waals surface area contributed by atoms with E-state index in [0.29, 0.717) is 35.3 Å². The summed E-state index contributed by atoms with van der Waals surface area (Å²) in [5.74, 6) is 2.32. The fourth-order valence-electron chi connectivity index (χ4n) is 4.74. The Balaban J connectivity index is 1.55. The number of nitriles is 1. The number of benzene rings is 3. The molecule has 1 aliphatic heterocycles. The average Bonchev–Trinajstić information content (AvgIpc) is 2.92. The van der Waals surface area contributed by atoms with Crippen LogP contribution in [0.5, 0.6) is 17.2 Å². The van der Waals surface area contributed by atoms with Crippen LogP contribution in [0, 0.1) is 17.2 Å². The van der Waals surface area contributed by atoms with Crippen LogP contribution < -0.4 is 14.2 Å².